The van der Waals surface area contributed by atoms with Gasteiger partial charge >= 0.3 is 12.7 Å². The number of benzene rings is 2. The molecule has 0 saturated heterocycles. The van der Waals surface area contributed by atoms with E-state index in [1.807, 2.05) is 24.3 Å². The summed E-state index contributed by atoms with van der Waals surface area (Å²) in [7, 11) is 0. The largest absolute Gasteiger partial charge is 0.435 e. The fraction of sp³-hybridized carbons (Fsp3) is 0.520. The van der Waals surface area contributed by atoms with Gasteiger partial charge in [-0.15, -0.1) is 0 Å². The van der Waals surface area contributed by atoms with Gasteiger partial charge in [-0.2, -0.15) is 17.6 Å². The molecule has 0 spiro atoms. The van der Waals surface area contributed by atoms with Gasteiger partial charge in [0.25, 0.3) is 0 Å². The fourth-order valence-electron chi connectivity index (χ4n) is 4.35. The average molecular weight is 439 g/mol. The highest BCUT2D eigenvalue weighted by atomic mass is 19.3. The van der Waals surface area contributed by atoms with Crippen LogP contribution < -0.4 is 4.74 Å². The maximum absolute atomic E-state index is 14.2. The Morgan fingerprint density at radius 2 is 1.52 bits per heavy atom. The van der Waals surface area contributed by atoms with Crippen molar-refractivity contribution in [3.05, 3.63) is 65.2 Å². The molecular weight excluding hydrogens is 408 g/mol. The Hall–Kier alpha value is -2.08. The van der Waals surface area contributed by atoms with Crippen molar-refractivity contribution < 1.29 is 27.0 Å². The van der Waals surface area contributed by atoms with Crippen molar-refractivity contribution in [3.8, 4) is 5.75 Å². The Balaban J connectivity index is 1.47. The Kier molecular flexibility index (Phi) is 8.35. The third-order valence-electron chi connectivity index (χ3n) is 6.00. The van der Waals surface area contributed by atoms with Crippen molar-refractivity contribution in [2.75, 3.05) is 0 Å². The van der Waals surface area contributed by atoms with E-state index < -0.39 is 19.1 Å². The molecule has 0 radical (unpaired) electrons. The zero-order chi connectivity index (χ0) is 22.3. The first-order valence-electron chi connectivity index (χ1n) is 11.0. The predicted octanol–water partition coefficient (Wildman–Crippen LogP) is 7.71. The van der Waals surface area contributed by atoms with Crippen LogP contribution in [-0.4, -0.2) is 12.7 Å². The first-order valence-corrected chi connectivity index (χ1v) is 11.0. The van der Waals surface area contributed by atoms with Crippen LogP contribution in [0.5, 0.6) is 5.75 Å². The van der Waals surface area contributed by atoms with E-state index in [2.05, 4.69) is 11.7 Å². The molecule has 0 aromatic heterocycles. The summed E-state index contributed by atoms with van der Waals surface area (Å²) >= 11 is 0. The van der Waals surface area contributed by atoms with Gasteiger partial charge < -0.3 is 9.47 Å². The summed E-state index contributed by atoms with van der Waals surface area (Å²) in [5, 5.41) is 0. The first kappa shape index (κ1) is 23.6. The van der Waals surface area contributed by atoms with Gasteiger partial charge in [0.1, 0.15) is 5.75 Å². The van der Waals surface area contributed by atoms with Crippen LogP contribution >= 0.6 is 0 Å². The minimum Gasteiger partial charge on any atom is -0.435 e. The van der Waals surface area contributed by atoms with E-state index >= 15 is 0 Å². The van der Waals surface area contributed by atoms with Gasteiger partial charge in [-0.1, -0.05) is 56.2 Å². The minimum atomic E-state index is -3.36. The predicted molar refractivity (Wildman–Crippen MR) is 113 cm³/mol. The Labute approximate surface area is 181 Å². The molecule has 2 aromatic rings. The molecule has 0 heterocycles. The van der Waals surface area contributed by atoms with Crippen molar-refractivity contribution in [1.82, 2.24) is 0 Å². The normalized spacial score (nSPS) is 19.5. The zero-order valence-electron chi connectivity index (χ0n) is 17.8. The lowest BCUT2D eigenvalue weighted by atomic mass is 9.77. The topological polar surface area (TPSA) is 18.5 Å². The van der Waals surface area contributed by atoms with E-state index in [0.717, 1.165) is 5.92 Å². The molecule has 170 valence electrons. The standard InChI is InChI=1S/C25H30F4O2/c1-2-3-18-4-10-21(11-5-18)22-12-6-20(7-13-22)17-30-25(28,29)16-19-8-14-23(15-9-19)31-24(26)27/h6-9,12-15,18,21,24H,2-5,10-11,16-17H2,1H3. The van der Waals surface area contributed by atoms with Gasteiger partial charge in [-0.05, 0) is 66.3 Å². The molecular formula is C25H30F4O2. The Bertz CT molecular complexity index is 782. The highest BCUT2D eigenvalue weighted by Crippen LogP contribution is 2.37. The van der Waals surface area contributed by atoms with Crippen molar-refractivity contribution in [1.29, 1.82) is 0 Å². The number of rotatable bonds is 10. The quantitative estimate of drug-likeness (QED) is 0.354. The van der Waals surface area contributed by atoms with Gasteiger partial charge in [0, 0.05) is 0 Å². The molecule has 1 aliphatic carbocycles. The molecule has 2 aromatic carbocycles. The maximum atomic E-state index is 14.2. The van der Waals surface area contributed by atoms with E-state index in [9.17, 15) is 17.6 Å². The van der Waals surface area contributed by atoms with Crippen LogP contribution in [0.4, 0.5) is 17.6 Å². The van der Waals surface area contributed by atoms with E-state index in [4.69, 9.17) is 4.74 Å². The van der Waals surface area contributed by atoms with Crippen LogP contribution in [0.1, 0.15) is 68.1 Å². The fourth-order valence-corrected chi connectivity index (χ4v) is 4.35. The summed E-state index contributed by atoms with van der Waals surface area (Å²) in [6.45, 7) is -0.904. The molecule has 1 aliphatic rings. The van der Waals surface area contributed by atoms with Crippen molar-refractivity contribution >= 4 is 0 Å². The number of alkyl halides is 4. The van der Waals surface area contributed by atoms with Crippen LogP contribution in [0, 0.1) is 5.92 Å². The molecule has 6 heteroatoms. The molecule has 0 unspecified atom stereocenters. The molecule has 0 atom stereocenters. The summed E-state index contributed by atoms with van der Waals surface area (Å²) in [6.07, 6.45) is 3.48. The number of ether oxygens (including phenoxy) is 2. The van der Waals surface area contributed by atoms with Crippen LogP contribution in [0.2, 0.25) is 0 Å². The summed E-state index contributed by atoms with van der Waals surface area (Å²) in [5.41, 5.74) is 2.25. The number of hydrogen-bond acceptors (Lipinski definition) is 2. The van der Waals surface area contributed by atoms with Gasteiger partial charge in [0.2, 0.25) is 0 Å². The summed E-state index contributed by atoms with van der Waals surface area (Å²) in [4.78, 5) is 0. The third-order valence-corrected chi connectivity index (χ3v) is 6.00. The highest BCUT2D eigenvalue weighted by molar-refractivity contribution is 5.28. The second-order valence-electron chi connectivity index (χ2n) is 8.37. The summed E-state index contributed by atoms with van der Waals surface area (Å²) in [6, 6.07) is 12.9. The van der Waals surface area contributed by atoms with Gasteiger partial charge in [-0.25, -0.2) is 0 Å². The number of halogens is 4. The second-order valence-corrected chi connectivity index (χ2v) is 8.37. The molecule has 0 N–H and O–H groups in total. The monoisotopic (exact) mass is 438 g/mol. The van der Waals surface area contributed by atoms with E-state index in [-0.39, 0.29) is 17.9 Å². The highest BCUT2D eigenvalue weighted by Gasteiger charge is 2.30. The van der Waals surface area contributed by atoms with Gasteiger partial charge in [0.15, 0.2) is 0 Å². The van der Waals surface area contributed by atoms with Gasteiger partial charge in [-0.3, -0.25) is 0 Å². The molecule has 0 bridgehead atoms. The number of hydrogen-bond donors (Lipinski definition) is 0. The maximum Gasteiger partial charge on any atom is 0.387 e. The van der Waals surface area contributed by atoms with Gasteiger partial charge in [0.05, 0.1) is 13.0 Å². The lowest BCUT2D eigenvalue weighted by molar-refractivity contribution is -0.244. The van der Waals surface area contributed by atoms with Crippen molar-refractivity contribution in [2.45, 2.75) is 77.1 Å². The van der Waals surface area contributed by atoms with Crippen LogP contribution in [0.3, 0.4) is 0 Å². The Morgan fingerprint density at radius 1 is 0.903 bits per heavy atom. The molecule has 31 heavy (non-hydrogen) atoms. The first-order chi connectivity index (χ1) is 14.8. The van der Waals surface area contributed by atoms with E-state index in [0.29, 0.717) is 11.5 Å². The molecule has 1 fully saturated rings. The van der Waals surface area contributed by atoms with Crippen LogP contribution in [0.25, 0.3) is 0 Å². The van der Waals surface area contributed by atoms with Crippen molar-refractivity contribution in [2.24, 2.45) is 5.92 Å². The van der Waals surface area contributed by atoms with Crippen molar-refractivity contribution in [3.63, 3.8) is 0 Å². The second kappa shape index (κ2) is 11.0. The molecule has 0 aliphatic heterocycles. The van der Waals surface area contributed by atoms with E-state index in [1.165, 1.54) is 68.4 Å². The minimum absolute atomic E-state index is 0.0677. The molecule has 2 nitrogen and oxygen atoms in total. The zero-order valence-corrected chi connectivity index (χ0v) is 17.8. The SMILES string of the molecule is CCCC1CCC(c2ccc(COC(F)(F)Cc3ccc(OC(F)F)cc3)cc2)CC1. The molecule has 0 amide bonds. The average Bonchev–Trinajstić information content (AvgIpc) is 2.74. The lowest BCUT2D eigenvalue weighted by Gasteiger charge is -2.28. The lowest BCUT2D eigenvalue weighted by Crippen LogP contribution is -2.23. The summed E-state index contributed by atoms with van der Waals surface area (Å²) < 4.78 is 61.8. The van der Waals surface area contributed by atoms with Crippen LogP contribution in [0.15, 0.2) is 48.5 Å². The molecule has 3 rings (SSSR count). The Morgan fingerprint density at radius 3 is 2.10 bits per heavy atom. The smallest absolute Gasteiger partial charge is 0.387 e. The third kappa shape index (κ3) is 7.53. The van der Waals surface area contributed by atoms with E-state index in [1.54, 1.807) is 0 Å². The van der Waals surface area contributed by atoms with Crippen LogP contribution in [-0.2, 0) is 17.8 Å². The molecule has 1 saturated carbocycles. The summed E-state index contributed by atoms with van der Waals surface area (Å²) in [5.74, 6) is 1.34.